The van der Waals surface area contributed by atoms with Crippen LogP contribution in [0.2, 0.25) is 0 Å². The van der Waals surface area contributed by atoms with Crippen molar-refractivity contribution in [3.8, 4) is 5.75 Å². The van der Waals surface area contributed by atoms with Gasteiger partial charge in [0.2, 0.25) is 5.90 Å². The average molecular weight is 283 g/mol. The van der Waals surface area contributed by atoms with Gasteiger partial charge in [-0.05, 0) is 29.8 Å². The van der Waals surface area contributed by atoms with Gasteiger partial charge in [-0.25, -0.2) is 4.99 Å². The first-order valence-corrected chi connectivity index (χ1v) is 6.86. The predicted octanol–water partition coefficient (Wildman–Crippen LogP) is 2.57. The first-order valence-electron chi connectivity index (χ1n) is 6.86. The second-order valence-corrected chi connectivity index (χ2v) is 4.90. The van der Waals surface area contributed by atoms with Crippen LogP contribution in [0.4, 0.5) is 0 Å². The highest BCUT2D eigenvalue weighted by molar-refractivity contribution is 5.95. The highest BCUT2D eigenvalue weighted by Crippen LogP contribution is 2.24. The van der Waals surface area contributed by atoms with Gasteiger partial charge >= 0.3 is 0 Å². The first kappa shape index (κ1) is 13.6. The molecule has 1 aliphatic rings. The van der Waals surface area contributed by atoms with Gasteiger partial charge in [0.1, 0.15) is 24.5 Å². The van der Waals surface area contributed by atoms with Crippen molar-refractivity contribution >= 4 is 5.90 Å². The molecule has 2 aromatic rings. The summed E-state index contributed by atoms with van der Waals surface area (Å²) in [6.45, 7) is 0.386. The van der Waals surface area contributed by atoms with Crippen LogP contribution < -0.4 is 4.74 Å². The molecule has 2 atom stereocenters. The zero-order valence-electron chi connectivity index (χ0n) is 11.8. The van der Waals surface area contributed by atoms with Crippen molar-refractivity contribution in [1.29, 1.82) is 0 Å². The van der Waals surface area contributed by atoms with E-state index in [-0.39, 0.29) is 6.04 Å². The van der Waals surface area contributed by atoms with Gasteiger partial charge in [0.15, 0.2) is 0 Å². The third-order valence-electron chi connectivity index (χ3n) is 3.52. The van der Waals surface area contributed by atoms with E-state index in [1.54, 1.807) is 7.11 Å². The quantitative estimate of drug-likeness (QED) is 0.938. The number of benzene rings is 2. The minimum Gasteiger partial charge on any atom is -0.497 e. The molecule has 0 aromatic heterocycles. The van der Waals surface area contributed by atoms with E-state index in [1.807, 2.05) is 54.6 Å². The molecule has 2 aromatic carbocycles. The Labute approximate surface area is 123 Å². The lowest BCUT2D eigenvalue weighted by Crippen LogP contribution is -2.17. The number of hydrogen-bond acceptors (Lipinski definition) is 4. The topological polar surface area (TPSA) is 51.0 Å². The Morgan fingerprint density at radius 2 is 1.86 bits per heavy atom. The van der Waals surface area contributed by atoms with Gasteiger partial charge in [0.25, 0.3) is 0 Å². The van der Waals surface area contributed by atoms with Crippen LogP contribution in [0.1, 0.15) is 17.2 Å². The van der Waals surface area contributed by atoms with Gasteiger partial charge in [0.05, 0.1) is 7.11 Å². The second kappa shape index (κ2) is 5.97. The van der Waals surface area contributed by atoms with Crippen LogP contribution in [-0.2, 0) is 4.74 Å². The molecule has 0 amide bonds. The van der Waals surface area contributed by atoms with E-state index in [0.717, 1.165) is 16.9 Å². The largest absolute Gasteiger partial charge is 0.497 e. The number of aliphatic imine (C=N–C) groups is 1. The molecular weight excluding hydrogens is 266 g/mol. The second-order valence-electron chi connectivity index (χ2n) is 4.90. The molecule has 3 rings (SSSR count). The van der Waals surface area contributed by atoms with Gasteiger partial charge < -0.3 is 14.6 Å². The van der Waals surface area contributed by atoms with Gasteiger partial charge in [-0.1, -0.05) is 30.3 Å². The summed E-state index contributed by atoms with van der Waals surface area (Å²) in [6.07, 6.45) is -0.651. The number of aliphatic hydroxyl groups excluding tert-OH is 1. The van der Waals surface area contributed by atoms with Crippen molar-refractivity contribution in [2.24, 2.45) is 4.99 Å². The molecule has 4 nitrogen and oxygen atoms in total. The summed E-state index contributed by atoms with van der Waals surface area (Å²) in [5.74, 6) is 1.36. The molecule has 0 fully saturated rings. The lowest BCUT2D eigenvalue weighted by molar-refractivity contribution is 0.130. The van der Waals surface area contributed by atoms with E-state index in [0.29, 0.717) is 12.5 Å². The van der Waals surface area contributed by atoms with Crippen LogP contribution in [0, 0.1) is 0 Å². The number of methoxy groups -OCH3 is 1. The molecule has 21 heavy (non-hydrogen) atoms. The molecule has 1 aliphatic heterocycles. The molecule has 0 saturated heterocycles. The molecule has 108 valence electrons. The van der Waals surface area contributed by atoms with E-state index < -0.39 is 6.10 Å². The monoisotopic (exact) mass is 283 g/mol. The number of ether oxygens (including phenoxy) is 2. The Balaban J connectivity index is 1.77. The van der Waals surface area contributed by atoms with Crippen molar-refractivity contribution < 1.29 is 14.6 Å². The summed E-state index contributed by atoms with van der Waals surface area (Å²) in [4.78, 5) is 4.49. The summed E-state index contributed by atoms with van der Waals surface area (Å²) in [7, 11) is 1.63. The molecule has 0 unspecified atom stereocenters. The SMILES string of the molecule is COc1ccc(C2=N[C@H]([C@@H](O)c3ccccc3)CO2)cc1. The Morgan fingerprint density at radius 1 is 1.14 bits per heavy atom. The van der Waals surface area contributed by atoms with Crippen molar-refractivity contribution in [3.05, 3.63) is 65.7 Å². The fourth-order valence-corrected chi connectivity index (χ4v) is 2.32. The maximum absolute atomic E-state index is 10.4. The third-order valence-corrected chi connectivity index (χ3v) is 3.52. The van der Waals surface area contributed by atoms with Crippen LogP contribution in [0.25, 0.3) is 0 Å². The maximum atomic E-state index is 10.4. The summed E-state index contributed by atoms with van der Waals surface area (Å²) in [5.41, 5.74) is 1.74. The molecule has 1 N–H and O–H groups in total. The predicted molar refractivity (Wildman–Crippen MR) is 80.7 cm³/mol. The molecule has 0 radical (unpaired) electrons. The molecule has 0 spiro atoms. The fraction of sp³-hybridized carbons (Fsp3) is 0.235. The van der Waals surface area contributed by atoms with E-state index >= 15 is 0 Å². The Morgan fingerprint density at radius 3 is 2.52 bits per heavy atom. The van der Waals surface area contributed by atoms with E-state index in [1.165, 1.54) is 0 Å². The van der Waals surface area contributed by atoms with Gasteiger partial charge in [-0.3, -0.25) is 0 Å². The van der Waals surface area contributed by atoms with E-state index in [4.69, 9.17) is 9.47 Å². The minimum absolute atomic E-state index is 0.274. The lowest BCUT2D eigenvalue weighted by atomic mass is 10.0. The highest BCUT2D eigenvalue weighted by Gasteiger charge is 2.27. The van der Waals surface area contributed by atoms with Gasteiger partial charge in [0, 0.05) is 5.56 Å². The van der Waals surface area contributed by atoms with Crippen LogP contribution in [0.5, 0.6) is 5.75 Å². The zero-order chi connectivity index (χ0) is 14.7. The van der Waals surface area contributed by atoms with Gasteiger partial charge in [-0.2, -0.15) is 0 Å². The number of aliphatic hydroxyl groups is 1. The van der Waals surface area contributed by atoms with E-state index in [9.17, 15) is 5.11 Å². The number of nitrogens with zero attached hydrogens (tertiary/aromatic N) is 1. The maximum Gasteiger partial charge on any atom is 0.216 e. The molecule has 4 heteroatoms. The molecule has 0 bridgehead atoms. The van der Waals surface area contributed by atoms with Crippen molar-refractivity contribution in [1.82, 2.24) is 0 Å². The molecule has 0 saturated carbocycles. The Bertz CT molecular complexity index is 622. The van der Waals surface area contributed by atoms with Crippen LogP contribution in [0.15, 0.2) is 59.6 Å². The Kier molecular flexibility index (Phi) is 3.88. The lowest BCUT2D eigenvalue weighted by Gasteiger charge is -2.13. The van der Waals surface area contributed by atoms with E-state index in [2.05, 4.69) is 4.99 Å². The summed E-state index contributed by atoms with van der Waals surface area (Å²) >= 11 is 0. The normalized spacial score (nSPS) is 18.8. The minimum atomic E-state index is -0.651. The third kappa shape index (κ3) is 2.90. The van der Waals surface area contributed by atoms with Crippen LogP contribution >= 0.6 is 0 Å². The fourth-order valence-electron chi connectivity index (χ4n) is 2.32. The van der Waals surface area contributed by atoms with Crippen LogP contribution in [0.3, 0.4) is 0 Å². The van der Waals surface area contributed by atoms with Crippen molar-refractivity contribution in [3.63, 3.8) is 0 Å². The standard InChI is InChI=1S/C17H17NO3/c1-20-14-9-7-13(8-10-14)17-18-15(11-21-17)16(19)12-5-3-2-4-6-12/h2-10,15-16,19H,11H2,1H3/t15-,16-/m0/s1. The molecule has 0 aliphatic carbocycles. The Hall–Kier alpha value is -2.33. The van der Waals surface area contributed by atoms with Crippen LogP contribution in [-0.4, -0.2) is 30.8 Å². The smallest absolute Gasteiger partial charge is 0.216 e. The molecular formula is C17H17NO3. The number of hydrogen-bond donors (Lipinski definition) is 1. The summed E-state index contributed by atoms with van der Waals surface area (Å²) < 4.78 is 10.7. The summed E-state index contributed by atoms with van der Waals surface area (Å²) in [5, 5.41) is 10.4. The zero-order valence-corrected chi connectivity index (χ0v) is 11.8. The number of rotatable bonds is 4. The van der Waals surface area contributed by atoms with Crippen molar-refractivity contribution in [2.75, 3.05) is 13.7 Å². The molecule has 1 heterocycles. The van der Waals surface area contributed by atoms with Gasteiger partial charge in [-0.15, -0.1) is 0 Å². The average Bonchev–Trinajstić information content (AvgIpc) is 3.05. The van der Waals surface area contributed by atoms with Crippen molar-refractivity contribution in [2.45, 2.75) is 12.1 Å². The first-order chi connectivity index (χ1) is 10.3. The highest BCUT2D eigenvalue weighted by atomic mass is 16.5. The summed E-state index contributed by atoms with van der Waals surface area (Å²) in [6, 6.07) is 16.8.